The van der Waals surface area contributed by atoms with Crippen LogP contribution >= 0.6 is 11.8 Å². The fourth-order valence-corrected chi connectivity index (χ4v) is 7.55. The number of thioether (sulfide) groups is 1. The van der Waals surface area contributed by atoms with Crippen LogP contribution in [0.5, 0.6) is 0 Å². The number of piperazine rings is 1. The molecule has 2 atom stereocenters. The van der Waals surface area contributed by atoms with Gasteiger partial charge in [-0.05, 0) is 61.6 Å². The second kappa shape index (κ2) is 13.6. The normalized spacial score (nSPS) is 21.9. The molecule has 48 heavy (non-hydrogen) atoms. The first-order valence-electron chi connectivity index (χ1n) is 16.0. The molecule has 0 radical (unpaired) electrons. The SMILES string of the molecule is CS[C@@]1(C(=O)Nc2ccc3[nH]nc(-c4ccc(F)cc4)c3c2)CCN(CC(=O)N2CCN(C3C=CC(c4ncc(F)cn4)=CC3)CC2)C1. The lowest BCUT2D eigenvalue weighted by Crippen LogP contribution is -2.53. The molecule has 0 saturated carbocycles. The van der Waals surface area contributed by atoms with Crippen molar-refractivity contribution in [3.05, 3.63) is 90.5 Å². The van der Waals surface area contributed by atoms with Crippen LogP contribution in [0.4, 0.5) is 14.5 Å². The minimum Gasteiger partial charge on any atom is -0.339 e. The van der Waals surface area contributed by atoms with Gasteiger partial charge in [0.2, 0.25) is 11.8 Å². The zero-order valence-corrected chi connectivity index (χ0v) is 27.3. The summed E-state index contributed by atoms with van der Waals surface area (Å²) in [7, 11) is 0. The Morgan fingerprint density at radius 2 is 1.79 bits per heavy atom. The maximum absolute atomic E-state index is 13.7. The predicted molar refractivity (Wildman–Crippen MR) is 183 cm³/mol. The number of likely N-dealkylation sites (tertiary alicyclic amines) is 1. The fourth-order valence-electron chi connectivity index (χ4n) is 6.70. The number of anilines is 1. The number of carbonyl (C=O) groups is 2. The number of hydrogen-bond donors (Lipinski definition) is 2. The van der Waals surface area contributed by atoms with Crippen LogP contribution in [0.2, 0.25) is 0 Å². The van der Waals surface area contributed by atoms with Gasteiger partial charge in [0.1, 0.15) is 10.6 Å². The molecule has 4 heterocycles. The van der Waals surface area contributed by atoms with Crippen LogP contribution in [-0.4, -0.2) is 110 Å². The zero-order valence-electron chi connectivity index (χ0n) is 26.5. The summed E-state index contributed by atoms with van der Waals surface area (Å²) in [6.45, 7) is 4.29. The smallest absolute Gasteiger partial charge is 0.241 e. The van der Waals surface area contributed by atoms with Gasteiger partial charge in [-0.15, -0.1) is 11.8 Å². The van der Waals surface area contributed by atoms with Crippen LogP contribution in [0.15, 0.2) is 73.1 Å². The zero-order chi connectivity index (χ0) is 33.3. The number of fused-ring (bicyclic) bond motifs is 1. The molecular formula is C35H36F2N8O2S. The van der Waals surface area contributed by atoms with Crippen molar-refractivity contribution < 1.29 is 18.4 Å². The summed E-state index contributed by atoms with van der Waals surface area (Å²) in [5.41, 5.74) is 3.82. The molecule has 10 nitrogen and oxygen atoms in total. The molecule has 2 amide bonds. The van der Waals surface area contributed by atoms with Gasteiger partial charge in [0.25, 0.3) is 0 Å². The van der Waals surface area contributed by atoms with Gasteiger partial charge >= 0.3 is 0 Å². The highest BCUT2D eigenvalue weighted by molar-refractivity contribution is 8.00. The van der Waals surface area contributed by atoms with E-state index in [0.717, 1.165) is 41.5 Å². The van der Waals surface area contributed by atoms with Crippen molar-refractivity contribution in [1.82, 2.24) is 34.9 Å². The van der Waals surface area contributed by atoms with E-state index in [0.29, 0.717) is 49.8 Å². The number of benzene rings is 2. The highest BCUT2D eigenvalue weighted by Gasteiger charge is 2.45. The van der Waals surface area contributed by atoms with Crippen molar-refractivity contribution in [2.24, 2.45) is 0 Å². The number of H-pyrrole nitrogens is 1. The lowest BCUT2D eigenvalue weighted by atomic mass is 10.0. The second-order valence-electron chi connectivity index (χ2n) is 12.4. The summed E-state index contributed by atoms with van der Waals surface area (Å²) < 4.78 is 26.0. The van der Waals surface area contributed by atoms with Crippen molar-refractivity contribution in [3.8, 4) is 11.3 Å². The number of allylic oxidation sites excluding steroid dienone is 2. The number of hydrogen-bond acceptors (Lipinski definition) is 8. The molecule has 1 unspecified atom stereocenters. The van der Waals surface area contributed by atoms with E-state index in [1.54, 1.807) is 12.1 Å². The molecule has 1 aliphatic carbocycles. The summed E-state index contributed by atoms with van der Waals surface area (Å²) in [4.78, 5) is 41.6. The largest absolute Gasteiger partial charge is 0.339 e. The summed E-state index contributed by atoms with van der Waals surface area (Å²) in [6.07, 6.45) is 11.9. The van der Waals surface area contributed by atoms with E-state index in [-0.39, 0.29) is 30.2 Å². The van der Waals surface area contributed by atoms with Crippen LogP contribution in [-0.2, 0) is 9.59 Å². The van der Waals surface area contributed by atoms with E-state index in [1.807, 2.05) is 35.4 Å². The standard InChI is InChI=1S/C35H36F2N8O2S/c1-48-35(34(47)40-27-8-11-30-29(18-27)32(42-41-30)23-2-6-25(36)7-3-23)12-13-43(22-35)21-31(46)45-16-14-44(15-17-45)28-9-4-24(5-10-28)33-38-19-26(37)20-39-33/h2-9,11,18-20,28H,10,12-17,21-22H2,1H3,(H,40,47)(H,41,42)/t28?,35-/m0/s1. The Bertz CT molecular complexity index is 1870. The molecule has 2 saturated heterocycles. The lowest BCUT2D eigenvalue weighted by Gasteiger charge is -2.39. The van der Waals surface area contributed by atoms with Crippen LogP contribution in [0.3, 0.4) is 0 Å². The third kappa shape index (κ3) is 6.62. The molecule has 2 aromatic carbocycles. The molecule has 0 spiro atoms. The third-order valence-corrected chi connectivity index (χ3v) is 10.8. The van der Waals surface area contributed by atoms with Crippen LogP contribution < -0.4 is 5.32 Å². The topological polar surface area (TPSA) is 110 Å². The Balaban J connectivity index is 0.916. The summed E-state index contributed by atoms with van der Waals surface area (Å²) in [5.74, 6) is -0.263. The Kier molecular flexibility index (Phi) is 9.08. The minimum atomic E-state index is -0.678. The van der Waals surface area contributed by atoms with Gasteiger partial charge in [-0.25, -0.2) is 18.7 Å². The van der Waals surface area contributed by atoms with Crippen molar-refractivity contribution in [3.63, 3.8) is 0 Å². The van der Waals surface area contributed by atoms with Crippen molar-refractivity contribution in [2.45, 2.75) is 23.6 Å². The van der Waals surface area contributed by atoms with E-state index >= 15 is 0 Å². The number of amides is 2. The molecule has 2 aliphatic heterocycles. The molecule has 4 aromatic rings. The average Bonchev–Trinajstić information content (AvgIpc) is 3.74. The molecule has 2 aromatic heterocycles. The number of halogens is 2. The van der Waals surface area contributed by atoms with Crippen LogP contribution in [0.25, 0.3) is 27.7 Å². The third-order valence-electron chi connectivity index (χ3n) is 9.50. The van der Waals surface area contributed by atoms with Gasteiger partial charge in [-0.1, -0.05) is 18.2 Å². The first kappa shape index (κ1) is 32.1. The number of nitrogens with one attached hydrogen (secondary N) is 2. The van der Waals surface area contributed by atoms with Gasteiger partial charge in [0.15, 0.2) is 11.6 Å². The van der Waals surface area contributed by atoms with Crippen molar-refractivity contribution in [1.29, 1.82) is 0 Å². The van der Waals surface area contributed by atoms with Gasteiger partial charge in [-0.3, -0.25) is 24.5 Å². The van der Waals surface area contributed by atoms with E-state index in [4.69, 9.17) is 0 Å². The number of aromatic nitrogens is 4. The number of rotatable bonds is 8. The van der Waals surface area contributed by atoms with E-state index in [1.165, 1.54) is 36.3 Å². The molecule has 2 N–H and O–H groups in total. The Labute approximate surface area is 281 Å². The monoisotopic (exact) mass is 670 g/mol. The minimum absolute atomic E-state index is 0.0838. The van der Waals surface area contributed by atoms with Gasteiger partial charge in [-0.2, -0.15) is 5.10 Å². The Morgan fingerprint density at radius 3 is 2.50 bits per heavy atom. The highest BCUT2D eigenvalue weighted by Crippen LogP contribution is 2.36. The van der Waals surface area contributed by atoms with Gasteiger partial charge < -0.3 is 10.2 Å². The first-order valence-corrected chi connectivity index (χ1v) is 17.2. The highest BCUT2D eigenvalue weighted by atomic mass is 32.2. The second-order valence-corrected chi connectivity index (χ2v) is 13.6. The average molecular weight is 671 g/mol. The predicted octanol–water partition coefficient (Wildman–Crippen LogP) is 4.60. The van der Waals surface area contributed by atoms with E-state index in [9.17, 15) is 18.4 Å². The van der Waals surface area contributed by atoms with E-state index < -0.39 is 10.6 Å². The Hall–Kier alpha value is -4.46. The van der Waals surface area contributed by atoms with Crippen LogP contribution in [0.1, 0.15) is 18.7 Å². The lowest BCUT2D eigenvalue weighted by molar-refractivity contribution is -0.134. The summed E-state index contributed by atoms with van der Waals surface area (Å²) in [5, 5.41) is 11.4. The molecule has 0 bridgehead atoms. The summed E-state index contributed by atoms with van der Waals surface area (Å²) in [6, 6.07) is 12.0. The van der Waals surface area contributed by atoms with Gasteiger partial charge in [0.05, 0.1) is 30.1 Å². The van der Waals surface area contributed by atoms with Crippen LogP contribution in [0, 0.1) is 11.6 Å². The first-order chi connectivity index (χ1) is 23.3. The molecule has 7 rings (SSSR count). The maximum atomic E-state index is 13.7. The quantitative estimate of drug-likeness (QED) is 0.280. The maximum Gasteiger partial charge on any atom is 0.241 e. The molecule has 13 heteroatoms. The Morgan fingerprint density at radius 1 is 1.02 bits per heavy atom. The fraction of sp³-hybridized carbons (Fsp3) is 0.343. The number of nitrogens with zero attached hydrogens (tertiary/aromatic N) is 6. The molecule has 248 valence electrons. The molecule has 3 aliphatic rings. The number of aromatic amines is 1. The van der Waals surface area contributed by atoms with Gasteiger partial charge in [0, 0.05) is 67.5 Å². The van der Waals surface area contributed by atoms with E-state index in [2.05, 4.69) is 47.4 Å². The number of carbonyl (C=O) groups excluding carboxylic acids is 2. The van der Waals surface area contributed by atoms with Crippen molar-refractivity contribution >= 4 is 45.7 Å². The summed E-state index contributed by atoms with van der Waals surface area (Å²) >= 11 is 1.52. The molecule has 2 fully saturated rings. The van der Waals surface area contributed by atoms with Crippen molar-refractivity contribution in [2.75, 3.05) is 57.4 Å². The molecular weight excluding hydrogens is 635 g/mol.